The summed E-state index contributed by atoms with van der Waals surface area (Å²) in [5.74, 6) is -2.47. The van der Waals surface area contributed by atoms with Crippen LogP contribution < -0.4 is 5.32 Å². The normalized spacial score (nSPS) is 19.8. The number of hydrogen-bond donors (Lipinski definition) is 2. The van der Waals surface area contributed by atoms with E-state index in [4.69, 9.17) is 21.1 Å². The zero-order chi connectivity index (χ0) is 24.2. The van der Waals surface area contributed by atoms with Gasteiger partial charge in [-0.25, -0.2) is 17.2 Å². The maximum atomic E-state index is 14.6. The van der Waals surface area contributed by atoms with Gasteiger partial charge >= 0.3 is 0 Å². The molecule has 1 aliphatic rings. The topological polar surface area (TPSA) is 105 Å². The number of hydrogen-bond acceptors (Lipinski definition) is 6. The third kappa shape index (κ3) is 6.05. The molecule has 1 atom stereocenters. The van der Waals surface area contributed by atoms with E-state index in [1.54, 1.807) is 0 Å². The van der Waals surface area contributed by atoms with E-state index < -0.39 is 38.1 Å². The lowest BCUT2D eigenvalue weighted by Gasteiger charge is -2.30. The summed E-state index contributed by atoms with van der Waals surface area (Å²) in [6.45, 7) is -0.370. The molecule has 180 valence electrons. The van der Waals surface area contributed by atoms with Crippen molar-refractivity contribution in [1.29, 1.82) is 0 Å². The van der Waals surface area contributed by atoms with Crippen LogP contribution in [0, 0.1) is 11.6 Å². The molecule has 1 amide bonds. The van der Waals surface area contributed by atoms with Crippen LogP contribution in [-0.2, 0) is 19.5 Å². The Hall–Kier alpha value is -2.15. The molecule has 0 aliphatic carbocycles. The van der Waals surface area contributed by atoms with E-state index in [1.807, 2.05) is 0 Å². The molecule has 0 bridgehead atoms. The fourth-order valence-electron chi connectivity index (χ4n) is 3.29. The fourth-order valence-corrected chi connectivity index (χ4v) is 5.06. The van der Waals surface area contributed by atoms with E-state index in [0.717, 1.165) is 28.6 Å². The monoisotopic (exact) mass is 504 g/mol. The van der Waals surface area contributed by atoms with Gasteiger partial charge in [-0.3, -0.25) is 4.79 Å². The quantitative estimate of drug-likeness (QED) is 0.600. The second kappa shape index (κ2) is 10.4. The Morgan fingerprint density at radius 2 is 2.00 bits per heavy atom. The molecule has 1 saturated heterocycles. The molecule has 2 N–H and O–H groups in total. The Kier molecular flexibility index (Phi) is 8.04. The lowest BCUT2D eigenvalue weighted by atomic mass is 10.0. The lowest BCUT2D eigenvalue weighted by Crippen LogP contribution is -2.47. The van der Waals surface area contributed by atoms with Gasteiger partial charge in [-0.05, 0) is 36.4 Å². The number of amides is 1. The Labute approximate surface area is 195 Å². The Bertz CT molecular complexity index is 1130. The average Bonchev–Trinajstić information content (AvgIpc) is 2.97. The van der Waals surface area contributed by atoms with Crippen molar-refractivity contribution in [3.8, 4) is 0 Å². The number of rotatable bonds is 7. The maximum absolute atomic E-state index is 14.6. The van der Waals surface area contributed by atoms with Crippen molar-refractivity contribution < 1.29 is 36.6 Å². The molecule has 1 unspecified atom stereocenters. The highest BCUT2D eigenvalue weighted by atomic mass is 35.5. The first-order valence-electron chi connectivity index (χ1n) is 9.91. The van der Waals surface area contributed by atoms with Gasteiger partial charge in [-0.1, -0.05) is 11.6 Å². The highest BCUT2D eigenvalue weighted by molar-refractivity contribution is 7.89. The van der Waals surface area contributed by atoms with Crippen molar-refractivity contribution in [2.45, 2.75) is 16.9 Å². The molecule has 8 nitrogen and oxygen atoms in total. The van der Waals surface area contributed by atoms with Crippen molar-refractivity contribution in [1.82, 2.24) is 4.31 Å². The number of carbonyl (C=O) groups excluding carboxylic acids is 1. The van der Waals surface area contributed by atoms with Crippen LogP contribution in [0.25, 0.3) is 0 Å². The summed E-state index contributed by atoms with van der Waals surface area (Å²) in [5.41, 5.74) is -1.49. The molecule has 0 aromatic heterocycles. The molecule has 2 aromatic carbocycles. The highest BCUT2D eigenvalue weighted by Crippen LogP contribution is 2.26. The predicted octanol–water partition coefficient (Wildman–Crippen LogP) is 2.66. The van der Waals surface area contributed by atoms with Gasteiger partial charge in [0, 0.05) is 44.5 Å². The van der Waals surface area contributed by atoms with Crippen LogP contribution >= 0.6 is 11.6 Å². The van der Waals surface area contributed by atoms with E-state index in [9.17, 15) is 27.1 Å². The largest absolute Gasteiger partial charge is 0.386 e. The zero-order valence-electron chi connectivity index (χ0n) is 17.7. The molecular formula is C21H23ClF2N2O6S. The van der Waals surface area contributed by atoms with Gasteiger partial charge in [0.2, 0.25) is 10.0 Å². The lowest BCUT2D eigenvalue weighted by molar-refractivity contribution is -0.0493. The SMILES string of the molecule is COCCC1(O)COCCN(S(=O)(=O)c2cc(C(=O)Nc3ccc(F)c(Cl)c3)ccc2F)C1. The minimum Gasteiger partial charge on any atom is -0.386 e. The molecule has 0 radical (unpaired) electrons. The standard InChI is InChI=1S/C21H23ClF2N2O6S/c1-31-8-6-21(28)12-26(7-9-32-13-21)33(29,30)19-10-14(2-4-18(19)24)20(27)25-15-3-5-17(23)16(22)11-15/h2-5,10-11,28H,6-9,12-13H2,1H3,(H,25,27). The summed E-state index contributed by atoms with van der Waals surface area (Å²) in [7, 11) is -2.98. The molecule has 2 aromatic rings. The highest BCUT2D eigenvalue weighted by Gasteiger charge is 2.38. The van der Waals surface area contributed by atoms with Crippen molar-refractivity contribution in [2.24, 2.45) is 0 Å². The third-order valence-corrected chi connectivity index (χ3v) is 7.24. The van der Waals surface area contributed by atoms with Gasteiger partial charge in [0.25, 0.3) is 5.91 Å². The van der Waals surface area contributed by atoms with Gasteiger partial charge in [0.1, 0.15) is 22.1 Å². The van der Waals surface area contributed by atoms with Crippen molar-refractivity contribution in [3.05, 3.63) is 58.6 Å². The Morgan fingerprint density at radius 1 is 1.27 bits per heavy atom. The van der Waals surface area contributed by atoms with Gasteiger partial charge in [-0.2, -0.15) is 4.31 Å². The van der Waals surface area contributed by atoms with Gasteiger partial charge in [0.15, 0.2) is 0 Å². The van der Waals surface area contributed by atoms with Crippen molar-refractivity contribution >= 4 is 33.2 Å². The predicted molar refractivity (Wildman–Crippen MR) is 117 cm³/mol. The van der Waals surface area contributed by atoms with Crippen LogP contribution in [0.15, 0.2) is 41.3 Å². The summed E-state index contributed by atoms with van der Waals surface area (Å²) in [4.78, 5) is 11.9. The molecule has 1 heterocycles. The van der Waals surface area contributed by atoms with Crippen LogP contribution in [0.5, 0.6) is 0 Å². The zero-order valence-corrected chi connectivity index (χ0v) is 19.3. The summed E-state index contributed by atoms with van der Waals surface area (Å²) >= 11 is 5.70. The number of nitrogens with one attached hydrogen (secondary N) is 1. The van der Waals surface area contributed by atoms with E-state index in [-0.39, 0.29) is 55.6 Å². The third-order valence-electron chi connectivity index (χ3n) is 5.09. The van der Waals surface area contributed by atoms with E-state index >= 15 is 0 Å². The van der Waals surface area contributed by atoms with E-state index in [2.05, 4.69) is 5.32 Å². The molecule has 12 heteroatoms. The summed E-state index contributed by atoms with van der Waals surface area (Å²) in [6.07, 6.45) is 0.112. The van der Waals surface area contributed by atoms with Crippen LogP contribution in [0.2, 0.25) is 5.02 Å². The first-order chi connectivity index (χ1) is 15.6. The number of carbonyl (C=O) groups is 1. The molecular weight excluding hydrogens is 482 g/mol. The first-order valence-corrected chi connectivity index (χ1v) is 11.7. The number of aliphatic hydroxyl groups is 1. The van der Waals surface area contributed by atoms with Gasteiger partial charge in [0.05, 0.1) is 18.2 Å². The Morgan fingerprint density at radius 3 is 2.70 bits per heavy atom. The molecule has 1 aliphatic heterocycles. The average molecular weight is 505 g/mol. The van der Waals surface area contributed by atoms with Crippen LogP contribution in [0.3, 0.4) is 0 Å². The van der Waals surface area contributed by atoms with E-state index in [1.165, 1.54) is 19.2 Å². The molecule has 3 rings (SSSR count). The number of methoxy groups -OCH3 is 1. The van der Waals surface area contributed by atoms with Crippen molar-refractivity contribution in [3.63, 3.8) is 0 Å². The Balaban J connectivity index is 1.87. The number of halogens is 3. The molecule has 1 fully saturated rings. The van der Waals surface area contributed by atoms with Crippen molar-refractivity contribution in [2.75, 3.05) is 45.3 Å². The number of ether oxygens (including phenoxy) is 2. The van der Waals surface area contributed by atoms with E-state index in [0.29, 0.717) is 0 Å². The molecule has 33 heavy (non-hydrogen) atoms. The number of sulfonamides is 1. The second-order valence-corrected chi connectivity index (χ2v) is 9.90. The van der Waals surface area contributed by atoms with Crippen LogP contribution in [0.4, 0.5) is 14.5 Å². The minimum absolute atomic E-state index is 0.00163. The van der Waals surface area contributed by atoms with Crippen LogP contribution in [0.1, 0.15) is 16.8 Å². The summed E-state index contributed by atoms with van der Waals surface area (Å²) in [6, 6.07) is 6.42. The first kappa shape index (κ1) is 25.5. The fraction of sp³-hybridized carbons (Fsp3) is 0.381. The number of nitrogens with zero attached hydrogens (tertiary/aromatic N) is 1. The van der Waals surface area contributed by atoms with Crippen LogP contribution in [-0.4, -0.2) is 69.4 Å². The van der Waals surface area contributed by atoms with Gasteiger partial charge in [-0.15, -0.1) is 0 Å². The number of β-amino-alcohol motifs (C(OH)–C–C–N with tert-alkyl or cyclic N) is 1. The summed E-state index contributed by atoms with van der Waals surface area (Å²) in [5, 5.41) is 13.0. The summed E-state index contributed by atoms with van der Waals surface area (Å²) < 4.78 is 65.6. The molecule has 0 saturated carbocycles. The smallest absolute Gasteiger partial charge is 0.255 e. The minimum atomic E-state index is -4.43. The number of anilines is 1. The molecule has 0 spiro atoms. The maximum Gasteiger partial charge on any atom is 0.255 e. The van der Waals surface area contributed by atoms with Gasteiger partial charge < -0.3 is 19.9 Å². The number of benzene rings is 2. The second-order valence-electron chi connectivity index (χ2n) is 7.59.